The second-order valence-electron chi connectivity index (χ2n) is 7.53. The summed E-state index contributed by atoms with van der Waals surface area (Å²) < 4.78 is 0. The average Bonchev–Trinajstić information content (AvgIpc) is 2.71. The van der Waals surface area contributed by atoms with Crippen LogP contribution < -0.4 is 27.0 Å². The van der Waals surface area contributed by atoms with Gasteiger partial charge in [-0.2, -0.15) is 0 Å². The van der Waals surface area contributed by atoms with E-state index in [1.807, 2.05) is 6.07 Å². The third-order valence-electron chi connectivity index (χ3n) is 4.58. The summed E-state index contributed by atoms with van der Waals surface area (Å²) in [5.74, 6) is -3.33. The van der Waals surface area contributed by atoms with Crippen molar-refractivity contribution in [3.05, 3.63) is 35.9 Å². The first kappa shape index (κ1) is 26.6. The van der Waals surface area contributed by atoms with E-state index in [0.29, 0.717) is 0 Å². The standard InChI is InChI=1S/C21H31N5O6/c1-11(18(22)29)23-21(32)17(13(3)27)26-19(30)12(2)24-20(31)16(25-14(4)28)10-15-8-6-5-7-9-15/h5-9,11-13,16-17,27H,10H2,1-4H3,(H2,22,29)(H,23,32)(H,24,31)(H,25,28)(H,26,30)/t11-,12-,13+,16-,17-/m0/s1. The molecule has 0 radical (unpaired) electrons. The number of carbonyl (C=O) groups excluding carboxylic acids is 5. The zero-order valence-corrected chi connectivity index (χ0v) is 18.5. The molecule has 0 bridgehead atoms. The van der Waals surface area contributed by atoms with Gasteiger partial charge in [-0.3, -0.25) is 24.0 Å². The van der Waals surface area contributed by atoms with Crippen LogP contribution in [0.5, 0.6) is 0 Å². The molecule has 0 unspecified atom stereocenters. The van der Waals surface area contributed by atoms with Crippen LogP contribution in [0.15, 0.2) is 30.3 Å². The van der Waals surface area contributed by atoms with E-state index in [-0.39, 0.29) is 6.42 Å². The van der Waals surface area contributed by atoms with E-state index >= 15 is 0 Å². The molecule has 7 N–H and O–H groups in total. The molecule has 0 spiro atoms. The van der Waals surface area contributed by atoms with Crippen LogP contribution in [0.2, 0.25) is 0 Å². The molecule has 1 rings (SSSR count). The Morgan fingerprint density at radius 3 is 1.91 bits per heavy atom. The first-order chi connectivity index (χ1) is 14.9. The van der Waals surface area contributed by atoms with E-state index in [9.17, 15) is 29.1 Å². The van der Waals surface area contributed by atoms with Crippen LogP contribution in [0.4, 0.5) is 0 Å². The van der Waals surface area contributed by atoms with E-state index in [1.165, 1.54) is 27.7 Å². The molecule has 0 aliphatic rings. The Kier molecular flexibility index (Phi) is 10.3. The average molecular weight is 450 g/mol. The van der Waals surface area contributed by atoms with Gasteiger partial charge in [0.1, 0.15) is 24.2 Å². The van der Waals surface area contributed by atoms with Crippen LogP contribution >= 0.6 is 0 Å². The van der Waals surface area contributed by atoms with Gasteiger partial charge >= 0.3 is 0 Å². The lowest BCUT2D eigenvalue weighted by molar-refractivity contribution is -0.135. The maximum Gasteiger partial charge on any atom is 0.245 e. The zero-order chi connectivity index (χ0) is 24.4. The molecule has 0 saturated heterocycles. The first-order valence-electron chi connectivity index (χ1n) is 10.1. The molecule has 0 aliphatic heterocycles. The zero-order valence-electron chi connectivity index (χ0n) is 18.5. The molecule has 1 aromatic carbocycles. The minimum absolute atomic E-state index is 0.213. The third kappa shape index (κ3) is 8.72. The Morgan fingerprint density at radius 2 is 1.41 bits per heavy atom. The van der Waals surface area contributed by atoms with Crippen molar-refractivity contribution in [2.45, 2.75) is 64.4 Å². The van der Waals surface area contributed by atoms with Gasteiger partial charge in [0.2, 0.25) is 29.5 Å². The number of benzene rings is 1. The Morgan fingerprint density at radius 1 is 0.844 bits per heavy atom. The highest BCUT2D eigenvalue weighted by Crippen LogP contribution is 2.04. The SMILES string of the molecule is CC(=O)N[C@@H](Cc1ccccc1)C(=O)N[C@@H](C)C(=O)N[C@H](C(=O)N[C@@H](C)C(N)=O)[C@@H](C)O. The summed E-state index contributed by atoms with van der Waals surface area (Å²) in [5, 5.41) is 19.5. The van der Waals surface area contributed by atoms with Crippen LogP contribution in [0.3, 0.4) is 0 Å². The van der Waals surface area contributed by atoms with Gasteiger partial charge in [-0.05, 0) is 26.3 Å². The molecule has 0 heterocycles. The lowest BCUT2D eigenvalue weighted by Crippen LogP contribution is -2.59. The topological polar surface area (TPSA) is 180 Å². The molecular weight excluding hydrogens is 418 g/mol. The summed E-state index contributed by atoms with van der Waals surface area (Å²) in [5.41, 5.74) is 5.91. The maximum atomic E-state index is 12.7. The van der Waals surface area contributed by atoms with Crippen molar-refractivity contribution in [3.8, 4) is 0 Å². The van der Waals surface area contributed by atoms with E-state index in [1.54, 1.807) is 24.3 Å². The predicted octanol–water partition coefficient (Wildman–Crippen LogP) is -1.91. The number of hydrogen-bond acceptors (Lipinski definition) is 6. The number of carbonyl (C=O) groups is 5. The number of amides is 5. The minimum atomic E-state index is -1.38. The number of hydrogen-bond donors (Lipinski definition) is 6. The maximum absolute atomic E-state index is 12.7. The van der Waals surface area contributed by atoms with Gasteiger partial charge in [-0.15, -0.1) is 0 Å². The molecule has 5 atom stereocenters. The number of rotatable bonds is 11. The monoisotopic (exact) mass is 449 g/mol. The normalized spacial score (nSPS) is 15.3. The van der Waals surface area contributed by atoms with Crippen LogP contribution in [0, 0.1) is 0 Å². The van der Waals surface area contributed by atoms with E-state index < -0.39 is 59.8 Å². The number of aliphatic hydroxyl groups is 1. The molecule has 0 aromatic heterocycles. The molecule has 32 heavy (non-hydrogen) atoms. The van der Waals surface area contributed by atoms with Crippen molar-refractivity contribution >= 4 is 29.5 Å². The van der Waals surface area contributed by atoms with Gasteiger partial charge in [0.25, 0.3) is 0 Å². The molecular formula is C21H31N5O6. The van der Waals surface area contributed by atoms with Crippen LogP contribution in [-0.4, -0.2) is 64.9 Å². The lowest BCUT2D eigenvalue weighted by Gasteiger charge is -2.25. The highest BCUT2D eigenvalue weighted by molar-refractivity contribution is 5.95. The molecule has 0 saturated carbocycles. The van der Waals surface area contributed by atoms with E-state index in [0.717, 1.165) is 5.56 Å². The highest BCUT2D eigenvalue weighted by Gasteiger charge is 2.30. The van der Waals surface area contributed by atoms with Crippen molar-refractivity contribution in [2.24, 2.45) is 5.73 Å². The van der Waals surface area contributed by atoms with Gasteiger partial charge in [-0.1, -0.05) is 30.3 Å². The summed E-state index contributed by atoms with van der Waals surface area (Å²) in [6.07, 6.45) is -1.07. The van der Waals surface area contributed by atoms with E-state index in [2.05, 4.69) is 21.3 Å². The fourth-order valence-corrected chi connectivity index (χ4v) is 2.74. The third-order valence-corrected chi connectivity index (χ3v) is 4.58. The highest BCUT2D eigenvalue weighted by atomic mass is 16.3. The molecule has 0 aliphatic carbocycles. The van der Waals surface area contributed by atoms with Gasteiger partial charge < -0.3 is 32.1 Å². The predicted molar refractivity (Wildman–Crippen MR) is 116 cm³/mol. The summed E-state index contributed by atoms with van der Waals surface area (Å²) in [7, 11) is 0. The quantitative estimate of drug-likeness (QED) is 0.229. The molecule has 1 aromatic rings. The van der Waals surface area contributed by atoms with E-state index in [4.69, 9.17) is 5.73 Å². The van der Waals surface area contributed by atoms with Gasteiger partial charge in [-0.25, -0.2) is 0 Å². The lowest BCUT2D eigenvalue weighted by atomic mass is 10.0. The van der Waals surface area contributed by atoms with Gasteiger partial charge in [0, 0.05) is 13.3 Å². The molecule has 5 amide bonds. The van der Waals surface area contributed by atoms with Crippen molar-refractivity contribution in [1.82, 2.24) is 21.3 Å². The smallest absolute Gasteiger partial charge is 0.245 e. The molecule has 11 nitrogen and oxygen atoms in total. The molecule has 0 fully saturated rings. The number of nitrogens with one attached hydrogen (secondary N) is 4. The summed E-state index contributed by atoms with van der Waals surface area (Å²) in [4.78, 5) is 60.1. The van der Waals surface area contributed by atoms with Crippen molar-refractivity contribution in [3.63, 3.8) is 0 Å². The summed E-state index contributed by atoms with van der Waals surface area (Å²) in [6.45, 7) is 5.32. The van der Waals surface area contributed by atoms with Gasteiger partial charge in [0.15, 0.2) is 0 Å². The number of primary amides is 1. The Labute approximate surface area is 186 Å². The summed E-state index contributed by atoms with van der Waals surface area (Å²) >= 11 is 0. The van der Waals surface area contributed by atoms with Crippen molar-refractivity contribution < 1.29 is 29.1 Å². The molecule has 176 valence electrons. The second-order valence-corrected chi connectivity index (χ2v) is 7.53. The fraction of sp³-hybridized carbons (Fsp3) is 0.476. The summed E-state index contributed by atoms with van der Waals surface area (Å²) in [6, 6.07) is 4.64. The largest absolute Gasteiger partial charge is 0.391 e. The Bertz CT molecular complexity index is 829. The van der Waals surface area contributed by atoms with Gasteiger partial charge in [0.05, 0.1) is 6.10 Å². The second kappa shape index (κ2) is 12.4. The molecule has 11 heteroatoms. The van der Waals surface area contributed by atoms with Crippen LogP contribution in [0.25, 0.3) is 0 Å². The number of aliphatic hydroxyl groups excluding tert-OH is 1. The number of nitrogens with two attached hydrogens (primary N) is 1. The van der Waals surface area contributed by atoms with Crippen LogP contribution in [-0.2, 0) is 30.4 Å². The van der Waals surface area contributed by atoms with Crippen LogP contribution in [0.1, 0.15) is 33.3 Å². The minimum Gasteiger partial charge on any atom is -0.391 e. The van der Waals surface area contributed by atoms with Crippen molar-refractivity contribution in [2.75, 3.05) is 0 Å². The Balaban J connectivity index is 2.81. The fourth-order valence-electron chi connectivity index (χ4n) is 2.74. The Hall–Kier alpha value is -3.47. The first-order valence-corrected chi connectivity index (χ1v) is 10.1. The van der Waals surface area contributed by atoms with Crippen molar-refractivity contribution in [1.29, 1.82) is 0 Å².